The molecule has 0 aliphatic carbocycles. The first kappa shape index (κ1) is 13.3. The lowest BCUT2D eigenvalue weighted by atomic mass is 10.1. The van der Waals surface area contributed by atoms with Crippen LogP contribution in [0, 0.1) is 0 Å². The number of likely N-dealkylation sites (tertiary alicyclic amines) is 1. The molecular weight excluding hydrogens is 210 g/mol. The Balaban J connectivity index is 1.74. The zero-order valence-electron chi connectivity index (χ0n) is 11.5. The van der Waals surface area contributed by atoms with E-state index in [0.717, 1.165) is 6.04 Å². The summed E-state index contributed by atoms with van der Waals surface area (Å²) in [6, 6.07) is 0.742. The fourth-order valence-corrected chi connectivity index (χ4v) is 3.10. The van der Waals surface area contributed by atoms with Gasteiger partial charge >= 0.3 is 0 Å². The molecule has 0 saturated carbocycles. The summed E-state index contributed by atoms with van der Waals surface area (Å²) in [5.41, 5.74) is 0. The third kappa shape index (κ3) is 4.57. The third-order valence-electron chi connectivity index (χ3n) is 4.25. The lowest BCUT2D eigenvalue weighted by Gasteiger charge is -2.36. The molecule has 1 unspecified atom stereocenters. The van der Waals surface area contributed by atoms with Gasteiger partial charge in [0.2, 0.25) is 0 Å². The van der Waals surface area contributed by atoms with Crippen molar-refractivity contribution in [1.82, 2.24) is 15.1 Å². The maximum atomic E-state index is 3.43. The summed E-state index contributed by atoms with van der Waals surface area (Å²) < 4.78 is 0. The first-order valence-electron chi connectivity index (χ1n) is 7.53. The van der Waals surface area contributed by atoms with Gasteiger partial charge in [-0.1, -0.05) is 19.3 Å². The zero-order valence-corrected chi connectivity index (χ0v) is 11.5. The van der Waals surface area contributed by atoms with Gasteiger partial charge < -0.3 is 5.32 Å². The lowest BCUT2D eigenvalue weighted by Crippen LogP contribution is -2.49. The summed E-state index contributed by atoms with van der Waals surface area (Å²) >= 11 is 0. The minimum Gasteiger partial charge on any atom is -0.314 e. The Kier molecular flexibility index (Phi) is 5.75. The smallest absolute Gasteiger partial charge is 0.0194 e. The maximum absolute atomic E-state index is 3.43. The molecule has 1 atom stereocenters. The molecule has 1 N–H and O–H groups in total. The summed E-state index contributed by atoms with van der Waals surface area (Å²) in [5.74, 6) is 0. The van der Waals surface area contributed by atoms with Crippen LogP contribution in [0.25, 0.3) is 0 Å². The van der Waals surface area contributed by atoms with Gasteiger partial charge in [-0.2, -0.15) is 0 Å². The van der Waals surface area contributed by atoms with Crippen LogP contribution >= 0.6 is 0 Å². The molecule has 2 aliphatic heterocycles. The van der Waals surface area contributed by atoms with Crippen molar-refractivity contribution in [2.75, 3.05) is 45.8 Å². The minimum atomic E-state index is 0.742. The van der Waals surface area contributed by atoms with E-state index in [1.54, 1.807) is 0 Å². The van der Waals surface area contributed by atoms with Crippen LogP contribution in [0.5, 0.6) is 0 Å². The van der Waals surface area contributed by atoms with Gasteiger partial charge in [-0.3, -0.25) is 9.80 Å². The number of nitrogens with one attached hydrogen (secondary N) is 1. The second kappa shape index (κ2) is 7.34. The maximum Gasteiger partial charge on any atom is 0.0194 e. The molecule has 0 aromatic carbocycles. The van der Waals surface area contributed by atoms with E-state index in [2.05, 4.69) is 22.0 Å². The highest BCUT2D eigenvalue weighted by Crippen LogP contribution is 2.13. The molecule has 0 amide bonds. The molecule has 2 rings (SSSR count). The fraction of sp³-hybridized carbons (Fsp3) is 1.00. The number of piperazine rings is 1. The highest BCUT2D eigenvalue weighted by atomic mass is 15.2. The van der Waals surface area contributed by atoms with Gasteiger partial charge in [0.25, 0.3) is 0 Å². The van der Waals surface area contributed by atoms with Crippen LogP contribution in [0.15, 0.2) is 0 Å². The van der Waals surface area contributed by atoms with Crippen LogP contribution in [0.1, 0.15) is 39.0 Å². The van der Waals surface area contributed by atoms with Gasteiger partial charge in [-0.05, 0) is 32.9 Å². The van der Waals surface area contributed by atoms with Gasteiger partial charge in [0.1, 0.15) is 0 Å². The van der Waals surface area contributed by atoms with E-state index in [9.17, 15) is 0 Å². The molecule has 2 saturated heterocycles. The molecule has 0 radical (unpaired) electrons. The SMILES string of the molecule is CC(CN1CCNCC1)N1CCCCCCC1. The highest BCUT2D eigenvalue weighted by molar-refractivity contribution is 4.76. The number of nitrogens with zero attached hydrogens (tertiary/aromatic N) is 2. The second-order valence-electron chi connectivity index (χ2n) is 5.70. The third-order valence-corrected chi connectivity index (χ3v) is 4.25. The first-order chi connectivity index (χ1) is 8.36. The Bertz CT molecular complexity index is 194. The predicted molar refractivity (Wildman–Crippen MR) is 73.4 cm³/mol. The molecule has 17 heavy (non-hydrogen) atoms. The lowest BCUT2D eigenvalue weighted by molar-refractivity contribution is 0.130. The van der Waals surface area contributed by atoms with Crippen molar-refractivity contribution in [3.05, 3.63) is 0 Å². The van der Waals surface area contributed by atoms with Crippen molar-refractivity contribution in [1.29, 1.82) is 0 Å². The largest absolute Gasteiger partial charge is 0.314 e. The Morgan fingerprint density at radius 1 is 0.882 bits per heavy atom. The van der Waals surface area contributed by atoms with Gasteiger partial charge in [0.05, 0.1) is 0 Å². The minimum absolute atomic E-state index is 0.742. The molecule has 0 aromatic heterocycles. The van der Waals surface area contributed by atoms with Crippen molar-refractivity contribution in [3.63, 3.8) is 0 Å². The molecule has 100 valence electrons. The first-order valence-corrected chi connectivity index (χ1v) is 7.53. The van der Waals surface area contributed by atoms with Crippen LogP contribution < -0.4 is 5.32 Å². The summed E-state index contributed by atoms with van der Waals surface area (Å²) in [5, 5.41) is 3.43. The topological polar surface area (TPSA) is 18.5 Å². The number of hydrogen-bond donors (Lipinski definition) is 1. The van der Waals surface area contributed by atoms with Crippen molar-refractivity contribution >= 4 is 0 Å². The van der Waals surface area contributed by atoms with Gasteiger partial charge in [-0.15, -0.1) is 0 Å². The number of rotatable bonds is 3. The molecule has 2 aliphatic rings. The van der Waals surface area contributed by atoms with Crippen molar-refractivity contribution in [2.45, 2.75) is 45.1 Å². The van der Waals surface area contributed by atoms with E-state index in [-0.39, 0.29) is 0 Å². The van der Waals surface area contributed by atoms with Gasteiger partial charge in [-0.25, -0.2) is 0 Å². The van der Waals surface area contributed by atoms with Gasteiger partial charge in [0, 0.05) is 38.8 Å². The zero-order chi connectivity index (χ0) is 11.9. The average molecular weight is 239 g/mol. The van der Waals surface area contributed by atoms with Crippen LogP contribution in [-0.2, 0) is 0 Å². The Labute approximate surface area is 107 Å². The molecule has 0 bridgehead atoms. The second-order valence-corrected chi connectivity index (χ2v) is 5.70. The number of hydrogen-bond acceptors (Lipinski definition) is 3. The van der Waals surface area contributed by atoms with Crippen molar-refractivity contribution in [3.8, 4) is 0 Å². The van der Waals surface area contributed by atoms with E-state index in [1.165, 1.54) is 77.9 Å². The van der Waals surface area contributed by atoms with E-state index in [1.807, 2.05) is 0 Å². The normalized spacial score (nSPS) is 27.4. The van der Waals surface area contributed by atoms with Crippen LogP contribution in [0.2, 0.25) is 0 Å². The van der Waals surface area contributed by atoms with Crippen molar-refractivity contribution < 1.29 is 0 Å². The molecule has 3 nitrogen and oxygen atoms in total. The highest BCUT2D eigenvalue weighted by Gasteiger charge is 2.18. The Hall–Kier alpha value is -0.120. The van der Waals surface area contributed by atoms with Gasteiger partial charge in [0.15, 0.2) is 0 Å². The van der Waals surface area contributed by atoms with Crippen LogP contribution in [-0.4, -0.2) is 61.7 Å². The van der Waals surface area contributed by atoms with E-state index in [4.69, 9.17) is 0 Å². The molecule has 0 aromatic rings. The quantitative estimate of drug-likeness (QED) is 0.806. The summed E-state index contributed by atoms with van der Waals surface area (Å²) in [6.45, 7) is 11.2. The van der Waals surface area contributed by atoms with E-state index < -0.39 is 0 Å². The predicted octanol–water partition coefficient (Wildman–Crippen LogP) is 1.55. The van der Waals surface area contributed by atoms with E-state index in [0.29, 0.717) is 0 Å². The van der Waals surface area contributed by atoms with Crippen LogP contribution in [0.4, 0.5) is 0 Å². The molecule has 2 heterocycles. The van der Waals surface area contributed by atoms with Crippen molar-refractivity contribution in [2.24, 2.45) is 0 Å². The monoisotopic (exact) mass is 239 g/mol. The standard InChI is InChI=1S/C14H29N3/c1-14(13-16-11-7-15-8-12-16)17-9-5-3-2-4-6-10-17/h14-15H,2-13H2,1H3. The summed E-state index contributed by atoms with van der Waals surface area (Å²) in [6.07, 6.45) is 7.16. The molecular formula is C14H29N3. The Morgan fingerprint density at radius 2 is 1.47 bits per heavy atom. The summed E-state index contributed by atoms with van der Waals surface area (Å²) in [4.78, 5) is 5.35. The van der Waals surface area contributed by atoms with Crippen LogP contribution in [0.3, 0.4) is 0 Å². The average Bonchev–Trinajstić information content (AvgIpc) is 2.29. The Morgan fingerprint density at radius 3 is 2.12 bits per heavy atom. The molecule has 0 spiro atoms. The summed E-state index contributed by atoms with van der Waals surface area (Å²) in [7, 11) is 0. The van der Waals surface area contributed by atoms with E-state index >= 15 is 0 Å². The molecule has 2 fully saturated rings. The fourth-order valence-electron chi connectivity index (χ4n) is 3.10. The molecule has 3 heteroatoms.